The lowest BCUT2D eigenvalue weighted by atomic mass is 10.2. The van der Waals surface area contributed by atoms with Crippen LogP contribution in [0.25, 0.3) is 11.4 Å². The molecule has 0 unspecified atom stereocenters. The fraction of sp³-hybridized carbons (Fsp3) is 0.0556. The van der Waals surface area contributed by atoms with E-state index in [2.05, 4.69) is 41.9 Å². The van der Waals surface area contributed by atoms with Crippen molar-refractivity contribution in [2.75, 3.05) is 5.32 Å². The molecule has 0 saturated carbocycles. The molecule has 2 aromatic carbocycles. The summed E-state index contributed by atoms with van der Waals surface area (Å²) in [4.78, 5) is 12.7. The van der Waals surface area contributed by atoms with Crippen LogP contribution in [-0.2, 0) is 0 Å². The molecule has 8 nitrogen and oxygen atoms in total. The summed E-state index contributed by atoms with van der Waals surface area (Å²) in [6.07, 6.45) is 2.83. The van der Waals surface area contributed by atoms with Gasteiger partial charge in [-0.1, -0.05) is 15.9 Å². The lowest BCUT2D eigenvalue weighted by Gasteiger charge is -2.09. The Balaban J connectivity index is 1.61. The van der Waals surface area contributed by atoms with Gasteiger partial charge in [0.25, 0.3) is 5.91 Å². The van der Waals surface area contributed by atoms with Crippen molar-refractivity contribution in [1.82, 2.24) is 30.0 Å². The number of tetrazole rings is 1. The first-order valence-corrected chi connectivity index (χ1v) is 8.97. The number of anilines is 1. The minimum Gasteiger partial charge on any atom is -0.319 e. The van der Waals surface area contributed by atoms with E-state index in [0.717, 1.165) is 10.2 Å². The molecule has 2 aromatic heterocycles. The average Bonchev–Trinajstić information content (AvgIpc) is 3.34. The van der Waals surface area contributed by atoms with Gasteiger partial charge in [0, 0.05) is 4.47 Å². The van der Waals surface area contributed by atoms with Crippen LogP contribution in [0.3, 0.4) is 0 Å². The molecule has 1 amide bonds. The molecule has 1 N–H and O–H groups in total. The Bertz CT molecular complexity index is 1140. The highest BCUT2D eigenvalue weighted by Crippen LogP contribution is 2.21. The van der Waals surface area contributed by atoms with Crippen LogP contribution in [-0.4, -0.2) is 35.9 Å². The summed E-state index contributed by atoms with van der Waals surface area (Å²) >= 11 is 3.39. The number of amides is 1. The largest absolute Gasteiger partial charge is 0.319 e. The molecule has 0 radical (unpaired) electrons. The van der Waals surface area contributed by atoms with Gasteiger partial charge in [0.1, 0.15) is 12.1 Å². The first-order valence-electron chi connectivity index (χ1n) is 8.18. The molecule has 0 aliphatic carbocycles. The van der Waals surface area contributed by atoms with Gasteiger partial charge in [0.05, 0.1) is 34.5 Å². The van der Waals surface area contributed by atoms with E-state index in [1.807, 2.05) is 24.3 Å². The zero-order chi connectivity index (χ0) is 19.7. The quantitative estimate of drug-likeness (QED) is 0.524. The third kappa shape index (κ3) is 3.41. The first kappa shape index (κ1) is 18.0. The molecule has 0 aliphatic rings. The minimum atomic E-state index is -0.567. The van der Waals surface area contributed by atoms with Crippen LogP contribution in [0.15, 0.2) is 59.5 Å². The molecule has 0 saturated heterocycles. The van der Waals surface area contributed by atoms with Crippen LogP contribution < -0.4 is 5.32 Å². The summed E-state index contributed by atoms with van der Waals surface area (Å²) < 4.78 is 18.2. The minimum absolute atomic E-state index is 0.0220. The predicted octanol–water partition coefficient (Wildman–Crippen LogP) is 3.31. The van der Waals surface area contributed by atoms with E-state index in [1.165, 1.54) is 35.4 Å². The molecule has 4 aromatic rings. The molecule has 28 heavy (non-hydrogen) atoms. The summed E-state index contributed by atoms with van der Waals surface area (Å²) in [6.45, 7) is 1.78. The molecule has 0 bridgehead atoms. The van der Waals surface area contributed by atoms with Gasteiger partial charge >= 0.3 is 0 Å². The third-order valence-electron chi connectivity index (χ3n) is 4.14. The number of benzene rings is 2. The van der Waals surface area contributed by atoms with Crippen molar-refractivity contribution in [3.8, 4) is 11.4 Å². The highest BCUT2D eigenvalue weighted by molar-refractivity contribution is 9.10. The van der Waals surface area contributed by atoms with Gasteiger partial charge < -0.3 is 5.32 Å². The summed E-state index contributed by atoms with van der Waals surface area (Å²) in [5.74, 6) is -1.03. The van der Waals surface area contributed by atoms with Crippen LogP contribution in [0.4, 0.5) is 10.1 Å². The highest BCUT2D eigenvalue weighted by Gasteiger charge is 2.17. The molecule has 140 valence electrons. The highest BCUT2D eigenvalue weighted by atomic mass is 79.9. The topological polar surface area (TPSA) is 90.5 Å². The van der Waals surface area contributed by atoms with Crippen molar-refractivity contribution in [1.29, 1.82) is 0 Å². The van der Waals surface area contributed by atoms with E-state index in [0.29, 0.717) is 16.9 Å². The second kappa shape index (κ2) is 7.31. The Labute approximate surface area is 167 Å². The molecular weight excluding hydrogens is 429 g/mol. The van der Waals surface area contributed by atoms with E-state index in [1.54, 1.807) is 11.6 Å². The van der Waals surface area contributed by atoms with Gasteiger partial charge in [-0.15, -0.1) is 5.10 Å². The van der Waals surface area contributed by atoms with Crippen molar-refractivity contribution in [3.63, 3.8) is 0 Å². The maximum atomic E-state index is 14.2. The Morgan fingerprint density at radius 3 is 2.61 bits per heavy atom. The number of hydrogen-bond donors (Lipinski definition) is 1. The lowest BCUT2D eigenvalue weighted by Crippen LogP contribution is -2.14. The van der Waals surface area contributed by atoms with Gasteiger partial charge in [0.2, 0.25) is 0 Å². The van der Waals surface area contributed by atoms with E-state index >= 15 is 0 Å². The monoisotopic (exact) mass is 441 g/mol. The molecule has 0 fully saturated rings. The standard InChI is InChI=1S/C18H13BrFN7O/c1-11-15(9-22-27(11)13-4-2-12(19)3-5-13)18(28)23-17-8-14(6-7-16(17)20)26-10-21-24-25-26/h2-10H,1H3,(H,23,28). The zero-order valence-electron chi connectivity index (χ0n) is 14.5. The molecule has 0 spiro atoms. The lowest BCUT2D eigenvalue weighted by molar-refractivity contribution is 0.102. The van der Waals surface area contributed by atoms with Gasteiger partial charge in [0.15, 0.2) is 0 Å². The Morgan fingerprint density at radius 2 is 1.89 bits per heavy atom. The number of aromatic nitrogens is 6. The summed E-state index contributed by atoms with van der Waals surface area (Å²) in [5.41, 5.74) is 2.33. The van der Waals surface area contributed by atoms with Crippen LogP contribution in [0.5, 0.6) is 0 Å². The maximum Gasteiger partial charge on any atom is 0.259 e. The Morgan fingerprint density at radius 1 is 1.14 bits per heavy atom. The van der Waals surface area contributed by atoms with Gasteiger partial charge in [-0.05, 0) is 59.8 Å². The van der Waals surface area contributed by atoms with Crippen molar-refractivity contribution >= 4 is 27.5 Å². The smallest absolute Gasteiger partial charge is 0.259 e. The van der Waals surface area contributed by atoms with Crippen molar-refractivity contribution < 1.29 is 9.18 Å². The van der Waals surface area contributed by atoms with Crippen molar-refractivity contribution in [3.05, 3.63) is 76.5 Å². The second-order valence-electron chi connectivity index (χ2n) is 5.90. The number of nitrogens with one attached hydrogen (secondary N) is 1. The van der Waals surface area contributed by atoms with Gasteiger partial charge in [-0.25, -0.2) is 13.8 Å². The zero-order valence-corrected chi connectivity index (χ0v) is 16.1. The normalized spacial score (nSPS) is 10.8. The fourth-order valence-corrected chi connectivity index (χ4v) is 2.96. The summed E-state index contributed by atoms with van der Waals surface area (Å²) in [6, 6.07) is 11.7. The SMILES string of the molecule is Cc1c(C(=O)Nc2cc(-n3cnnn3)ccc2F)cnn1-c1ccc(Br)cc1. The van der Waals surface area contributed by atoms with Crippen LogP contribution in [0.2, 0.25) is 0 Å². The molecule has 10 heteroatoms. The number of carbonyl (C=O) groups is 1. The molecule has 0 aliphatic heterocycles. The number of hydrogen-bond acceptors (Lipinski definition) is 5. The number of rotatable bonds is 4. The first-order chi connectivity index (χ1) is 13.5. The molecular formula is C18H13BrFN7O. The number of halogens is 2. The van der Waals surface area contributed by atoms with Crippen LogP contribution in [0, 0.1) is 12.7 Å². The summed E-state index contributed by atoms with van der Waals surface area (Å²) in [5, 5.41) is 17.7. The third-order valence-corrected chi connectivity index (χ3v) is 4.67. The van der Waals surface area contributed by atoms with Crippen LogP contribution >= 0.6 is 15.9 Å². The van der Waals surface area contributed by atoms with Crippen LogP contribution in [0.1, 0.15) is 16.1 Å². The molecule has 4 rings (SSSR count). The number of nitrogens with zero attached hydrogens (tertiary/aromatic N) is 6. The molecule has 2 heterocycles. The maximum absolute atomic E-state index is 14.2. The summed E-state index contributed by atoms with van der Waals surface area (Å²) in [7, 11) is 0. The van der Waals surface area contributed by atoms with Gasteiger partial charge in [-0.2, -0.15) is 5.10 Å². The Kier molecular flexibility index (Phi) is 4.70. The van der Waals surface area contributed by atoms with E-state index in [-0.39, 0.29) is 5.69 Å². The van der Waals surface area contributed by atoms with E-state index in [4.69, 9.17) is 0 Å². The van der Waals surface area contributed by atoms with E-state index < -0.39 is 11.7 Å². The van der Waals surface area contributed by atoms with E-state index in [9.17, 15) is 9.18 Å². The predicted molar refractivity (Wildman–Crippen MR) is 103 cm³/mol. The van der Waals surface area contributed by atoms with Crippen molar-refractivity contribution in [2.24, 2.45) is 0 Å². The second-order valence-corrected chi connectivity index (χ2v) is 6.82. The fourth-order valence-electron chi connectivity index (χ4n) is 2.70. The number of carbonyl (C=O) groups excluding carboxylic acids is 1. The van der Waals surface area contributed by atoms with Gasteiger partial charge in [-0.3, -0.25) is 4.79 Å². The van der Waals surface area contributed by atoms with Crippen molar-refractivity contribution in [2.45, 2.75) is 6.92 Å². The Hall–Kier alpha value is -3.40. The molecule has 0 atom stereocenters. The average molecular weight is 442 g/mol.